The Kier molecular flexibility index (Phi) is 7.99. The topological polar surface area (TPSA) is 0 Å². The SMILES string of the molecule is CCCCCc1ccc(-c2ccc(-c3ccc(CCCCC)cc3)[se]2)cc1. The third kappa shape index (κ3) is 5.96. The molecule has 0 aliphatic rings. The van der Waals surface area contributed by atoms with Gasteiger partial charge in [0.15, 0.2) is 0 Å². The molecule has 1 aromatic heterocycles. The molecule has 142 valence electrons. The first kappa shape index (κ1) is 20.2. The number of benzene rings is 2. The van der Waals surface area contributed by atoms with Crippen molar-refractivity contribution in [2.75, 3.05) is 0 Å². The van der Waals surface area contributed by atoms with Crippen LogP contribution in [-0.4, -0.2) is 14.5 Å². The molecule has 2 aromatic carbocycles. The molecule has 0 saturated heterocycles. The molecule has 1 heterocycles. The third-order valence-electron chi connectivity index (χ3n) is 5.22. The Morgan fingerprint density at radius 2 is 0.926 bits per heavy atom. The van der Waals surface area contributed by atoms with Gasteiger partial charge >= 0.3 is 172 Å². The first-order valence-electron chi connectivity index (χ1n) is 10.6. The van der Waals surface area contributed by atoms with E-state index in [4.69, 9.17) is 0 Å². The molecule has 0 fully saturated rings. The summed E-state index contributed by atoms with van der Waals surface area (Å²) in [6, 6.07) is 23.2. The number of aryl methyl sites for hydroxylation is 2. The van der Waals surface area contributed by atoms with Crippen molar-refractivity contribution < 1.29 is 0 Å². The van der Waals surface area contributed by atoms with Crippen LogP contribution in [0.4, 0.5) is 0 Å². The Balaban J connectivity index is 1.64. The van der Waals surface area contributed by atoms with Crippen LogP contribution in [0.1, 0.15) is 63.5 Å². The van der Waals surface area contributed by atoms with Gasteiger partial charge in [0.25, 0.3) is 0 Å². The van der Waals surface area contributed by atoms with Gasteiger partial charge in [-0.25, -0.2) is 0 Å². The Labute approximate surface area is 171 Å². The fraction of sp³-hybridized carbons (Fsp3) is 0.385. The van der Waals surface area contributed by atoms with E-state index >= 15 is 0 Å². The third-order valence-corrected chi connectivity index (χ3v) is 7.70. The van der Waals surface area contributed by atoms with Crippen molar-refractivity contribution in [3.8, 4) is 20.0 Å². The van der Waals surface area contributed by atoms with E-state index in [9.17, 15) is 0 Å². The summed E-state index contributed by atoms with van der Waals surface area (Å²) < 4.78 is 3.01. The molecule has 0 nitrogen and oxygen atoms in total. The minimum absolute atomic E-state index is 0.410. The molecular formula is C26H32Se. The van der Waals surface area contributed by atoms with Gasteiger partial charge in [-0.05, 0) is 0 Å². The summed E-state index contributed by atoms with van der Waals surface area (Å²) >= 11 is 0.410. The van der Waals surface area contributed by atoms with Gasteiger partial charge in [-0.15, -0.1) is 0 Å². The van der Waals surface area contributed by atoms with E-state index in [1.165, 1.54) is 82.5 Å². The number of hydrogen-bond acceptors (Lipinski definition) is 0. The molecule has 3 aromatic rings. The second kappa shape index (κ2) is 10.7. The van der Waals surface area contributed by atoms with E-state index in [2.05, 4.69) is 74.5 Å². The molecule has 1 heteroatoms. The number of unbranched alkanes of at least 4 members (excludes halogenated alkanes) is 4. The van der Waals surface area contributed by atoms with E-state index in [1.54, 1.807) is 0 Å². The fourth-order valence-corrected chi connectivity index (χ4v) is 5.61. The molecule has 0 atom stereocenters. The molecule has 0 radical (unpaired) electrons. The fourth-order valence-electron chi connectivity index (χ4n) is 3.48. The average Bonchev–Trinajstić information content (AvgIpc) is 3.20. The van der Waals surface area contributed by atoms with Gasteiger partial charge in [-0.2, -0.15) is 0 Å². The van der Waals surface area contributed by atoms with E-state index in [0.717, 1.165) is 0 Å². The molecule has 0 amide bonds. The molecule has 0 aliphatic heterocycles. The monoisotopic (exact) mass is 424 g/mol. The van der Waals surface area contributed by atoms with Crippen molar-refractivity contribution in [1.29, 1.82) is 0 Å². The summed E-state index contributed by atoms with van der Waals surface area (Å²) in [6.07, 6.45) is 10.3. The maximum atomic E-state index is 2.33. The minimum atomic E-state index is 0.410. The molecule has 0 unspecified atom stereocenters. The van der Waals surface area contributed by atoms with Crippen LogP contribution in [0.3, 0.4) is 0 Å². The molecular weight excluding hydrogens is 391 g/mol. The second-order valence-corrected chi connectivity index (χ2v) is 9.75. The second-order valence-electron chi connectivity index (χ2n) is 7.47. The summed E-state index contributed by atoms with van der Waals surface area (Å²) in [5, 5.41) is 0. The molecule has 0 aliphatic carbocycles. The molecule has 0 saturated carbocycles. The van der Waals surface area contributed by atoms with Crippen LogP contribution < -0.4 is 0 Å². The van der Waals surface area contributed by atoms with Crippen molar-refractivity contribution in [1.82, 2.24) is 0 Å². The Hall–Kier alpha value is -1.56. The maximum absolute atomic E-state index is 2.33. The van der Waals surface area contributed by atoms with Gasteiger partial charge in [0, 0.05) is 0 Å². The molecule has 0 N–H and O–H groups in total. The van der Waals surface area contributed by atoms with Gasteiger partial charge < -0.3 is 0 Å². The normalized spacial score (nSPS) is 11.0. The van der Waals surface area contributed by atoms with Gasteiger partial charge in [0.2, 0.25) is 0 Å². The summed E-state index contributed by atoms with van der Waals surface area (Å²) in [5.41, 5.74) is 5.75. The average molecular weight is 424 g/mol. The van der Waals surface area contributed by atoms with Gasteiger partial charge in [0.05, 0.1) is 0 Å². The van der Waals surface area contributed by atoms with Crippen LogP contribution in [0.5, 0.6) is 0 Å². The summed E-state index contributed by atoms with van der Waals surface area (Å²) in [6.45, 7) is 4.53. The summed E-state index contributed by atoms with van der Waals surface area (Å²) in [5.74, 6) is 0. The summed E-state index contributed by atoms with van der Waals surface area (Å²) in [7, 11) is 0. The first-order chi connectivity index (χ1) is 13.3. The first-order valence-corrected chi connectivity index (χ1v) is 12.3. The summed E-state index contributed by atoms with van der Waals surface area (Å²) in [4.78, 5) is 0. The Bertz CT molecular complexity index is 725. The van der Waals surface area contributed by atoms with Gasteiger partial charge in [0.1, 0.15) is 0 Å². The van der Waals surface area contributed by atoms with Crippen LogP contribution in [0.25, 0.3) is 20.0 Å². The molecule has 3 rings (SSSR count). The van der Waals surface area contributed by atoms with Crippen LogP contribution >= 0.6 is 0 Å². The molecule has 27 heavy (non-hydrogen) atoms. The predicted octanol–water partition coefficient (Wildman–Crippen LogP) is 7.54. The van der Waals surface area contributed by atoms with E-state index in [-0.39, 0.29) is 0 Å². The van der Waals surface area contributed by atoms with Crippen molar-refractivity contribution in [3.63, 3.8) is 0 Å². The molecule has 0 spiro atoms. The van der Waals surface area contributed by atoms with Crippen LogP contribution in [0.15, 0.2) is 60.7 Å². The number of hydrogen-bond donors (Lipinski definition) is 0. The zero-order valence-corrected chi connectivity index (χ0v) is 18.6. The van der Waals surface area contributed by atoms with Crippen molar-refractivity contribution in [2.24, 2.45) is 0 Å². The van der Waals surface area contributed by atoms with Gasteiger partial charge in [-0.3, -0.25) is 0 Å². The van der Waals surface area contributed by atoms with E-state index in [1.807, 2.05) is 0 Å². The van der Waals surface area contributed by atoms with Crippen molar-refractivity contribution in [3.05, 3.63) is 71.8 Å². The van der Waals surface area contributed by atoms with E-state index in [0.29, 0.717) is 14.5 Å². The van der Waals surface area contributed by atoms with Crippen LogP contribution in [-0.2, 0) is 12.8 Å². The van der Waals surface area contributed by atoms with E-state index < -0.39 is 0 Å². The predicted molar refractivity (Wildman–Crippen MR) is 121 cm³/mol. The van der Waals surface area contributed by atoms with Crippen molar-refractivity contribution >= 4 is 14.5 Å². The quantitative estimate of drug-likeness (QED) is 0.233. The Morgan fingerprint density at radius 1 is 0.519 bits per heavy atom. The number of rotatable bonds is 10. The molecule has 0 bridgehead atoms. The van der Waals surface area contributed by atoms with Crippen LogP contribution in [0, 0.1) is 0 Å². The van der Waals surface area contributed by atoms with Crippen molar-refractivity contribution in [2.45, 2.75) is 65.2 Å². The van der Waals surface area contributed by atoms with Crippen LogP contribution in [0.2, 0.25) is 0 Å². The Morgan fingerprint density at radius 3 is 1.30 bits per heavy atom. The standard InChI is InChI=1S/C26H32Se/c1-3-5-7-9-21-11-15-23(16-12-21)25-19-20-26(27-25)24-17-13-22(14-18-24)10-8-6-4-2/h11-20H,3-10H2,1-2H3. The zero-order valence-electron chi connectivity index (χ0n) is 16.8. The zero-order chi connectivity index (χ0) is 18.9. The van der Waals surface area contributed by atoms with Gasteiger partial charge in [-0.1, -0.05) is 0 Å².